The van der Waals surface area contributed by atoms with E-state index in [0.29, 0.717) is 28.3 Å². The molecular formula is C17H13ClN2O. The van der Waals surface area contributed by atoms with Gasteiger partial charge in [-0.25, -0.2) is 4.98 Å². The highest BCUT2D eigenvalue weighted by Crippen LogP contribution is 2.14. The fourth-order valence-corrected chi connectivity index (χ4v) is 2.46. The number of aromatic nitrogens is 2. The van der Waals surface area contributed by atoms with E-state index in [2.05, 4.69) is 11.6 Å². The molecule has 0 saturated carbocycles. The number of hydrogen-bond donors (Lipinski definition) is 0. The van der Waals surface area contributed by atoms with Crippen molar-refractivity contribution in [1.82, 2.24) is 9.38 Å². The van der Waals surface area contributed by atoms with Crippen LogP contribution in [0.4, 0.5) is 0 Å². The summed E-state index contributed by atoms with van der Waals surface area (Å²) in [6.07, 6.45) is 3.79. The lowest BCUT2D eigenvalue weighted by molar-refractivity contribution is 0.974. The number of halogens is 1. The molecule has 2 heterocycles. The van der Waals surface area contributed by atoms with Crippen LogP contribution in [-0.4, -0.2) is 9.38 Å². The van der Waals surface area contributed by atoms with Gasteiger partial charge in [0.25, 0.3) is 5.56 Å². The van der Waals surface area contributed by atoms with Gasteiger partial charge >= 0.3 is 0 Å². The lowest BCUT2D eigenvalue weighted by Gasteiger charge is -2.08. The van der Waals surface area contributed by atoms with Gasteiger partial charge in [0.15, 0.2) is 0 Å². The molecule has 0 aliphatic heterocycles. The molecule has 0 saturated heterocycles. The summed E-state index contributed by atoms with van der Waals surface area (Å²) in [6.45, 7) is 3.76. The molecule has 0 aliphatic carbocycles. The summed E-state index contributed by atoms with van der Waals surface area (Å²) in [7, 11) is 0. The Kier molecular flexibility index (Phi) is 3.59. The number of rotatable bonds is 3. The van der Waals surface area contributed by atoms with Crippen LogP contribution in [0.1, 0.15) is 16.8 Å². The van der Waals surface area contributed by atoms with Crippen LogP contribution < -0.4 is 5.56 Å². The second kappa shape index (κ2) is 5.54. The van der Waals surface area contributed by atoms with E-state index in [1.807, 2.05) is 30.3 Å². The van der Waals surface area contributed by atoms with E-state index in [1.54, 1.807) is 24.4 Å². The van der Waals surface area contributed by atoms with Gasteiger partial charge in [-0.05, 0) is 17.7 Å². The van der Waals surface area contributed by atoms with E-state index in [1.165, 1.54) is 4.40 Å². The van der Waals surface area contributed by atoms with Gasteiger partial charge in [0.05, 0.1) is 5.69 Å². The van der Waals surface area contributed by atoms with E-state index in [9.17, 15) is 4.79 Å². The molecular weight excluding hydrogens is 284 g/mol. The Balaban J connectivity index is 2.22. The van der Waals surface area contributed by atoms with Crippen molar-refractivity contribution in [2.24, 2.45) is 0 Å². The normalized spacial score (nSPS) is 10.7. The van der Waals surface area contributed by atoms with Gasteiger partial charge < -0.3 is 0 Å². The zero-order valence-electron chi connectivity index (χ0n) is 11.3. The van der Waals surface area contributed by atoms with Crippen LogP contribution in [0.2, 0.25) is 5.02 Å². The SMILES string of the molecule is C=Cc1nc2cc(Cl)ccn2c(=O)c1Cc1ccccc1. The second-order valence-corrected chi connectivity index (χ2v) is 5.16. The van der Waals surface area contributed by atoms with E-state index in [4.69, 9.17) is 11.6 Å². The van der Waals surface area contributed by atoms with E-state index in [0.717, 1.165) is 5.56 Å². The maximum atomic E-state index is 12.7. The van der Waals surface area contributed by atoms with Gasteiger partial charge in [-0.1, -0.05) is 48.5 Å². The lowest BCUT2D eigenvalue weighted by atomic mass is 10.0. The minimum absolute atomic E-state index is 0.0876. The average molecular weight is 297 g/mol. The largest absolute Gasteiger partial charge is 0.269 e. The van der Waals surface area contributed by atoms with Gasteiger partial charge in [-0.2, -0.15) is 0 Å². The third-order valence-corrected chi connectivity index (χ3v) is 3.57. The highest BCUT2D eigenvalue weighted by Gasteiger charge is 2.11. The molecule has 2 aromatic heterocycles. The maximum absolute atomic E-state index is 12.7. The van der Waals surface area contributed by atoms with Crippen LogP contribution in [0.25, 0.3) is 11.7 Å². The predicted octanol–water partition coefficient (Wildman–Crippen LogP) is 3.58. The summed E-state index contributed by atoms with van der Waals surface area (Å²) < 4.78 is 1.51. The van der Waals surface area contributed by atoms with Gasteiger partial charge in [0, 0.05) is 29.3 Å². The summed E-state index contributed by atoms with van der Waals surface area (Å²) in [5.74, 6) is 0. The fourth-order valence-electron chi connectivity index (χ4n) is 2.30. The molecule has 1 aromatic carbocycles. The molecule has 3 nitrogen and oxygen atoms in total. The first-order chi connectivity index (χ1) is 10.2. The molecule has 4 heteroatoms. The minimum atomic E-state index is -0.0876. The minimum Gasteiger partial charge on any atom is -0.269 e. The first kappa shape index (κ1) is 13.6. The summed E-state index contributed by atoms with van der Waals surface area (Å²) in [5, 5.41) is 0.549. The van der Waals surface area contributed by atoms with Crippen molar-refractivity contribution >= 4 is 23.3 Å². The molecule has 3 rings (SSSR count). The Morgan fingerprint density at radius 2 is 2.00 bits per heavy atom. The molecule has 0 unspecified atom stereocenters. The van der Waals surface area contributed by atoms with Crippen molar-refractivity contribution in [3.63, 3.8) is 0 Å². The average Bonchev–Trinajstić information content (AvgIpc) is 2.50. The van der Waals surface area contributed by atoms with Crippen LogP contribution in [-0.2, 0) is 6.42 Å². The smallest absolute Gasteiger partial charge is 0.261 e. The molecule has 0 amide bonds. The van der Waals surface area contributed by atoms with Crippen LogP contribution in [0.3, 0.4) is 0 Å². The monoisotopic (exact) mass is 296 g/mol. The zero-order valence-corrected chi connectivity index (χ0v) is 12.0. The number of nitrogens with zero attached hydrogens (tertiary/aromatic N) is 2. The quantitative estimate of drug-likeness (QED) is 0.740. The Bertz CT molecular complexity index is 869. The van der Waals surface area contributed by atoms with Gasteiger partial charge in [0.1, 0.15) is 5.65 Å². The number of hydrogen-bond acceptors (Lipinski definition) is 2. The molecule has 0 spiro atoms. The molecule has 0 N–H and O–H groups in total. The van der Waals surface area contributed by atoms with Crippen LogP contribution >= 0.6 is 11.6 Å². The summed E-state index contributed by atoms with van der Waals surface area (Å²) in [4.78, 5) is 17.1. The first-order valence-corrected chi connectivity index (χ1v) is 6.94. The summed E-state index contributed by atoms with van der Waals surface area (Å²) >= 11 is 5.95. The zero-order chi connectivity index (χ0) is 14.8. The van der Waals surface area contributed by atoms with E-state index >= 15 is 0 Å². The van der Waals surface area contributed by atoms with Gasteiger partial charge in [0.2, 0.25) is 0 Å². The third kappa shape index (κ3) is 2.60. The maximum Gasteiger partial charge on any atom is 0.261 e. The van der Waals surface area contributed by atoms with Crippen molar-refractivity contribution in [3.8, 4) is 0 Å². The summed E-state index contributed by atoms with van der Waals surface area (Å²) in [5.41, 5.74) is 2.74. The van der Waals surface area contributed by atoms with Crippen LogP contribution in [0, 0.1) is 0 Å². The predicted molar refractivity (Wildman–Crippen MR) is 85.8 cm³/mol. The molecule has 0 radical (unpaired) electrons. The lowest BCUT2D eigenvalue weighted by Crippen LogP contribution is -2.21. The Labute approximate surface area is 127 Å². The standard InChI is InChI=1S/C17H13ClN2O/c1-2-15-14(10-12-6-4-3-5-7-12)17(21)20-9-8-13(18)11-16(20)19-15/h2-9,11H,1,10H2. The Hall–Kier alpha value is -2.39. The van der Waals surface area contributed by atoms with Crippen molar-refractivity contribution in [3.05, 3.63) is 87.4 Å². The van der Waals surface area contributed by atoms with Crippen molar-refractivity contribution in [2.45, 2.75) is 6.42 Å². The highest BCUT2D eigenvalue weighted by atomic mass is 35.5. The fraction of sp³-hybridized carbons (Fsp3) is 0.0588. The number of fused-ring (bicyclic) bond motifs is 1. The van der Waals surface area contributed by atoms with Crippen LogP contribution in [0.15, 0.2) is 60.0 Å². The third-order valence-electron chi connectivity index (χ3n) is 3.33. The Morgan fingerprint density at radius 3 is 2.71 bits per heavy atom. The summed E-state index contributed by atoms with van der Waals surface area (Å²) in [6, 6.07) is 13.2. The van der Waals surface area contributed by atoms with E-state index < -0.39 is 0 Å². The van der Waals surface area contributed by atoms with Gasteiger partial charge in [-0.3, -0.25) is 9.20 Å². The van der Waals surface area contributed by atoms with Crippen LogP contribution in [0.5, 0.6) is 0 Å². The molecule has 21 heavy (non-hydrogen) atoms. The van der Waals surface area contributed by atoms with Crippen molar-refractivity contribution in [2.75, 3.05) is 0 Å². The topological polar surface area (TPSA) is 34.4 Å². The molecule has 0 aliphatic rings. The number of benzene rings is 1. The molecule has 104 valence electrons. The Morgan fingerprint density at radius 1 is 1.24 bits per heavy atom. The van der Waals surface area contributed by atoms with Crippen molar-refractivity contribution in [1.29, 1.82) is 0 Å². The molecule has 0 fully saturated rings. The second-order valence-electron chi connectivity index (χ2n) is 4.72. The highest BCUT2D eigenvalue weighted by molar-refractivity contribution is 6.30. The molecule has 0 bridgehead atoms. The van der Waals surface area contributed by atoms with E-state index in [-0.39, 0.29) is 5.56 Å². The molecule has 3 aromatic rings. The van der Waals surface area contributed by atoms with Gasteiger partial charge in [-0.15, -0.1) is 0 Å². The first-order valence-electron chi connectivity index (χ1n) is 6.56. The van der Waals surface area contributed by atoms with Crippen molar-refractivity contribution < 1.29 is 0 Å². The number of pyridine rings is 1. The molecule has 0 atom stereocenters.